The molecule has 2 aromatic rings. The van der Waals surface area contributed by atoms with Gasteiger partial charge < -0.3 is 5.73 Å². The molecule has 106 valence electrons. The molecule has 0 heterocycles. The van der Waals surface area contributed by atoms with Gasteiger partial charge in [0.05, 0.1) is 10.5 Å². The van der Waals surface area contributed by atoms with Gasteiger partial charge in [-0.15, -0.1) is 0 Å². The van der Waals surface area contributed by atoms with Crippen LogP contribution in [0.25, 0.3) is 0 Å². The van der Waals surface area contributed by atoms with Gasteiger partial charge in [-0.1, -0.05) is 11.8 Å². The molecule has 0 unspecified atom stereocenters. The van der Waals surface area contributed by atoms with Crippen LogP contribution in [0.15, 0.2) is 46.2 Å². The molecule has 2 N–H and O–H groups in total. The number of rotatable bonds is 2. The average Bonchev–Trinajstić information content (AvgIpc) is 2.34. The van der Waals surface area contributed by atoms with Crippen molar-refractivity contribution in [1.29, 1.82) is 0 Å². The molecular weight excluding hydrogens is 297 g/mol. The van der Waals surface area contributed by atoms with Crippen LogP contribution in [0.3, 0.4) is 0 Å². The summed E-state index contributed by atoms with van der Waals surface area (Å²) in [5.41, 5.74) is 4.29. The molecule has 7 heteroatoms. The quantitative estimate of drug-likeness (QED) is 0.642. The predicted octanol–water partition coefficient (Wildman–Crippen LogP) is 4.72. The van der Waals surface area contributed by atoms with Gasteiger partial charge in [-0.3, -0.25) is 0 Å². The van der Waals surface area contributed by atoms with Gasteiger partial charge in [0.15, 0.2) is 0 Å². The van der Waals surface area contributed by atoms with E-state index in [1.165, 1.54) is 6.07 Å². The Hall–Kier alpha value is -1.76. The standard InChI is InChI=1S/C13H8F5NS/c14-7-1-3-10(15)12(5-7)20-11-4-2-8(19)6-9(11)13(16,17)18/h1-6H,19H2. The Kier molecular flexibility index (Phi) is 3.89. The molecule has 0 aliphatic heterocycles. The number of hydrogen-bond acceptors (Lipinski definition) is 2. The molecule has 0 aromatic heterocycles. The van der Waals surface area contributed by atoms with Gasteiger partial charge in [0, 0.05) is 10.6 Å². The van der Waals surface area contributed by atoms with Crippen LogP contribution in [-0.2, 0) is 6.18 Å². The van der Waals surface area contributed by atoms with Crippen molar-refractivity contribution in [3.8, 4) is 0 Å². The van der Waals surface area contributed by atoms with Gasteiger partial charge in [-0.05, 0) is 36.4 Å². The minimum absolute atomic E-state index is 0.0543. The Morgan fingerprint density at radius 1 is 0.900 bits per heavy atom. The number of benzene rings is 2. The van der Waals surface area contributed by atoms with E-state index >= 15 is 0 Å². The van der Waals surface area contributed by atoms with E-state index < -0.39 is 23.4 Å². The molecule has 0 fully saturated rings. The second-order valence-electron chi connectivity index (χ2n) is 3.93. The molecule has 2 aromatic carbocycles. The van der Waals surface area contributed by atoms with Crippen molar-refractivity contribution in [2.75, 3.05) is 5.73 Å². The van der Waals surface area contributed by atoms with Crippen LogP contribution in [0.4, 0.5) is 27.6 Å². The third kappa shape index (κ3) is 3.22. The van der Waals surface area contributed by atoms with E-state index in [4.69, 9.17) is 5.73 Å². The summed E-state index contributed by atoms with van der Waals surface area (Å²) in [6.45, 7) is 0. The first kappa shape index (κ1) is 14.6. The Balaban J connectivity index is 2.46. The van der Waals surface area contributed by atoms with Crippen LogP contribution < -0.4 is 5.73 Å². The van der Waals surface area contributed by atoms with E-state index in [1.54, 1.807) is 0 Å². The normalized spacial score (nSPS) is 11.7. The fraction of sp³-hybridized carbons (Fsp3) is 0.0769. The van der Waals surface area contributed by atoms with Crippen molar-refractivity contribution in [2.24, 2.45) is 0 Å². The van der Waals surface area contributed by atoms with Gasteiger partial charge in [0.25, 0.3) is 0 Å². The van der Waals surface area contributed by atoms with E-state index in [0.29, 0.717) is 11.8 Å². The summed E-state index contributed by atoms with van der Waals surface area (Å²) >= 11 is 0.500. The summed E-state index contributed by atoms with van der Waals surface area (Å²) < 4.78 is 65.1. The molecule has 0 radical (unpaired) electrons. The Morgan fingerprint density at radius 3 is 2.25 bits per heavy atom. The van der Waals surface area contributed by atoms with E-state index in [-0.39, 0.29) is 15.5 Å². The van der Waals surface area contributed by atoms with E-state index in [1.807, 2.05) is 0 Å². The Morgan fingerprint density at radius 2 is 1.60 bits per heavy atom. The molecular formula is C13H8F5NS. The molecule has 0 bridgehead atoms. The first-order valence-corrected chi connectivity index (χ1v) is 6.18. The van der Waals surface area contributed by atoms with E-state index in [0.717, 1.165) is 30.3 Å². The molecule has 20 heavy (non-hydrogen) atoms. The first-order valence-electron chi connectivity index (χ1n) is 5.37. The lowest BCUT2D eigenvalue weighted by molar-refractivity contribution is -0.139. The number of hydrogen-bond donors (Lipinski definition) is 1. The zero-order valence-corrected chi connectivity index (χ0v) is 10.7. The first-order chi connectivity index (χ1) is 9.27. The predicted molar refractivity (Wildman–Crippen MR) is 66.3 cm³/mol. The van der Waals surface area contributed by atoms with Gasteiger partial charge in [0.1, 0.15) is 11.6 Å². The number of nitrogens with two attached hydrogens (primary N) is 1. The summed E-state index contributed by atoms with van der Waals surface area (Å²) in [6.07, 6.45) is -4.62. The lowest BCUT2D eigenvalue weighted by Crippen LogP contribution is -2.07. The van der Waals surface area contributed by atoms with Gasteiger partial charge in [-0.25, -0.2) is 8.78 Å². The second kappa shape index (κ2) is 5.32. The highest BCUT2D eigenvalue weighted by Crippen LogP contribution is 2.41. The van der Waals surface area contributed by atoms with Crippen LogP contribution in [0.1, 0.15) is 5.56 Å². The van der Waals surface area contributed by atoms with E-state index in [2.05, 4.69) is 0 Å². The van der Waals surface area contributed by atoms with E-state index in [9.17, 15) is 22.0 Å². The van der Waals surface area contributed by atoms with Crippen LogP contribution in [0.5, 0.6) is 0 Å². The monoisotopic (exact) mass is 305 g/mol. The topological polar surface area (TPSA) is 26.0 Å². The number of anilines is 1. The maximum atomic E-state index is 13.5. The molecule has 0 saturated heterocycles. The Bertz CT molecular complexity index is 639. The van der Waals surface area contributed by atoms with Gasteiger partial charge >= 0.3 is 6.18 Å². The number of nitrogen functional groups attached to an aromatic ring is 1. The summed E-state index contributed by atoms with van der Waals surface area (Å²) in [6, 6.07) is 5.77. The highest BCUT2D eigenvalue weighted by Gasteiger charge is 2.34. The van der Waals surface area contributed by atoms with Crippen molar-refractivity contribution in [1.82, 2.24) is 0 Å². The van der Waals surface area contributed by atoms with Crippen LogP contribution in [-0.4, -0.2) is 0 Å². The molecule has 1 nitrogen and oxygen atoms in total. The summed E-state index contributed by atoms with van der Waals surface area (Å²) in [7, 11) is 0. The van der Waals surface area contributed by atoms with Gasteiger partial charge in [0.2, 0.25) is 0 Å². The summed E-state index contributed by atoms with van der Waals surface area (Å²) in [5, 5.41) is 0. The van der Waals surface area contributed by atoms with Crippen molar-refractivity contribution in [2.45, 2.75) is 16.0 Å². The molecule has 0 spiro atoms. The molecule has 0 atom stereocenters. The smallest absolute Gasteiger partial charge is 0.399 e. The fourth-order valence-electron chi connectivity index (χ4n) is 1.53. The Labute approximate surface area is 115 Å². The third-order valence-corrected chi connectivity index (χ3v) is 3.53. The van der Waals surface area contributed by atoms with Crippen molar-refractivity contribution in [3.63, 3.8) is 0 Å². The molecule has 0 aliphatic carbocycles. The zero-order valence-electron chi connectivity index (χ0n) is 9.84. The summed E-state index contributed by atoms with van der Waals surface area (Å²) in [4.78, 5) is -0.462. The van der Waals surface area contributed by atoms with Gasteiger partial charge in [-0.2, -0.15) is 13.2 Å². The van der Waals surface area contributed by atoms with Crippen LogP contribution >= 0.6 is 11.8 Å². The lowest BCUT2D eigenvalue weighted by Gasteiger charge is -2.13. The third-order valence-electron chi connectivity index (χ3n) is 2.42. The maximum absolute atomic E-state index is 13.5. The number of halogens is 5. The summed E-state index contributed by atoms with van der Waals surface area (Å²) in [5.74, 6) is -1.51. The molecule has 0 saturated carbocycles. The van der Waals surface area contributed by atoms with Crippen molar-refractivity contribution in [3.05, 3.63) is 53.6 Å². The number of alkyl halides is 3. The van der Waals surface area contributed by atoms with Crippen molar-refractivity contribution < 1.29 is 22.0 Å². The molecule has 0 aliphatic rings. The zero-order chi connectivity index (χ0) is 14.9. The SMILES string of the molecule is Nc1ccc(Sc2cc(F)ccc2F)c(C(F)(F)F)c1. The molecule has 0 amide bonds. The minimum Gasteiger partial charge on any atom is -0.399 e. The minimum atomic E-state index is -4.62. The highest BCUT2D eigenvalue weighted by molar-refractivity contribution is 7.99. The van der Waals surface area contributed by atoms with Crippen LogP contribution in [0, 0.1) is 11.6 Å². The molecule has 2 rings (SSSR count). The fourth-order valence-corrected chi connectivity index (χ4v) is 2.53. The van der Waals surface area contributed by atoms with Crippen molar-refractivity contribution >= 4 is 17.4 Å². The largest absolute Gasteiger partial charge is 0.417 e. The average molecular weight is 305 g/mol. The second-order valence-corrected chi connectivity index (χ2v) is 5.01. The van der Waals surface area contributed by atoms with Crippen LogP contribution in [0.2, 0.25) is 0 Å². The lowest BCUT2D eigenvalue weighted by atomic mass is 10.2. The maximum Gasteiger partial charge on any atom is 0.417 e. The highest BCUT2D eigenvalue weighted by atomic mass is 32.2.